The second kappa shape index (κ2) is 6.61. The van der Waals surface area contributed by atoms with Gasteiger partial charge in [0.2, 0.25) is 5.91 Å². The third kappa shape index (κ3) is 3.17. The maximum Gasteiger partial charge on any atom is 0.358 e. The summed E-state index contributed by atoms with van der Waals surface area (Å²) in [6, 6.07) is 7.40. The lowest BCUT2D eigenvalue weighted by Crippen LogP contribution is -2.24. The first kappa shape index (κ1) is 15.9. The van der Waals surface area contributed by atoms with Crippen LogP contribution in [0.5, 0.6) is 0 Å². The van der Waals surface area contributed by atoms with Gasteiger partial charge in [0.25, 0.3) is 0 Å². The highest BCUT2D eigenvalue weighted by Crippen LogP contribution is 2.28. The highest BCUT2D eigenvalue weighted by Gasteiger charge is 2.24. The molecule has 0 atom stereocenters. The van der Waals surface area contributed by atoms with Crippen LogP contribution in [0, 0.1) is 5.82 Å². The van der Waals surface area contributed by atoms with Crippen molar-refractivity contribution in [2.24, 2.45) is 0 Å². The summed E-state index contributed by atoms with van der Waals surface area (Å²) in [6.45, 7) is 0.507. The minimum Gasteiger partial charge on any atom is -0.464 e. The molecule has 0 spiro atoms. The molecule has 3 rings (SSSR count). The van der Waals surface area contributed by atoms with E-state index in [1.54, 1.807) is 12.1 Å². The summed E-state index contributed by atoms with van der Waals surface area (Å²) in [6.07, 6.45) is 1.15. The molecule has 0 aliphatic carbocycles. The van der Waals surface area contributed by atoms with Gasteiger partial charge >= 0.3 is 5.97 Å². The average molecular weight is 330 g/mol. The maximum atomic E-state index is 14.0. The fourth-order valence-electron chi connectivity index (χ4n) is 2.46. The molecule has 1 saturated heterocycles. The zero-order valence-corrected chi connectivity index (χ0v) is 13.0. The number of amides is 1. The maximum absolute atomic E-state index is 14.0. The van der Waals surface area contributed by atoms with E-state index in [9.17, 15) is 14.0 Å². The zero-order chi connectivity index (χ0) is 17.1. The number of esters is 1. The van der Waals surface area contributed by atoms with Gasteiger partial charge in [0, 0.05) is 18.7 Å². The first-order chi connectivity index (χ1) is 11.6. The Kier molecular flexibility index (Phi) is 4.37. The van der Waals surface area contributed by atoms with Crippen LogP contribution in [0.2, 0.25) is 0 Å². The van der Waals surface area contributed by atoms with Crippen LogP contribution in [0.15, 0.2) is 30.3 Å². The molecule has 7 nitrogen and oxygen atoms in total. The van der Waals surface area contributed by atoms with Crippen LogP contribution in [-0.4, -0.2) is 35.7 Å². The summed E-state index contributed by atoms with van der Waals surface area (Å²) in [4.78, 5) is 24.6. The Morgan fingerprint density at radius 1 is 1.29 bits per heavy atom. The van der Waals surface area contributed by atoms with Gasteiger partial charge in [0.15, 0.2) is 11.5 Å². The smallest absolute Gasteiger partial charge is 0.358 e. The number of methoxy groups -OCH3 is 1. The number of halogens is 1. The topological polar surface area (TPSA) is 84.4 Å². The molecule has 1 aromatic heterocycles. The molecule has 1 aromatic carbocycles. The number of hydrogen-bond acceptors (Lipinski definition) is 6. The quantitative estimate of drug-likeness (QED) is 0.866. The number of nitrogens with zero attached hydrogens (tertiary/aromatic N) is 3. The van der Waals surface area contributed by atoms with Crippen LogP contribution < -0.4 is 10.2 Å². The molecule has 24 heavy (non-hydrogen) atoms. The van der Waals surface area contributed by atoms with Gasteiger partial charge in [0.05, 0.1) is 12.8 Å². The first-order valence-corrected chi connectivity index (χ1v) is 7.37. The van der Waals surface area contributed by atoms with Crippen molar-refractivity contribution in [1.82, 2.24) is 10.2 Å². The Morgan fingerprint density at radius 3 is 2.75 bits per heavy atom. The minimum absolute atomic E-state index is 0.0884. The van der Waals surface area contributed by atoms with E-state index in [0.29, 0.717) is 24.5 Å². The second-order valence-electron chi connectivity index (χ2n) is 5.24. The predicted octanol–water partition coefficient (Wildman–Crippen LogP) is 2.27. The number of nitrogens with one attached hydrogen (secondary N) is 1. The monoisotopic (exact) mass is 330 g/mol. The number of ether oxygens (including phenoxy) is 1. The lowest BCUT2D eigenvalue weighted by Gasteiger charge is -2.17. The van der Waals surface area contributed by atoms with Crippen molar-refractivity contribution in [1.29, 1.82) is 0 Å². The molecule has 8 heteroatoms. The normalized spacial score (nSPS) is 13.9. The van der Waals surface area contributed by atoms with E-state index in [1.165, 1.54) is 30.2 Å². The van der Waals surface area contributed by atoms with Gasteiger partial charge in [-0.1, -0.05) is 0 Å². The summed E-state index contributed by atoms with van der Waals surface area (Å²) in [7, 11) is 1.26. The van der Waals surface area contributed by atoms with E-state index < -0.39 is 11.8 Å². The molecule has 1 N–H and O–H groups in total. The van der Waals surface area contributed by atoms with Crippen LogP contribution in [0.3, 0.4) is 0 Å². The van der Waals surface area contributed by atoms with Gasteiger partial charge in [-0.15, -0.1) is 10.2 Å². The number of benzene rings is 1. The molecule has 2 heterocycles. The summed E-state index contributed by atoms with van der Waals surface area (Å²) >= 11 is 0. The average Bonchev–Trinajstić information content (AvgIpc) is 3.02. The van der Waals surface area contributed by atoms with Gasteiger partial charge in [-0.25, -0.2) is 9.18 Å². The van der Waals surface area contributed by atoms with Crippen molar-refractivity contribution in [3.8, 4) is 0 Å². The van der Waals surface area contributed by atoms with E-state index in [2.05, 4.69) is 20.3 Å². The molecule has 0 bridgehead atoms. The Balaban J connectivity index is 1.80. The summed E-state index contributed by atoms with van der Waals surface area (Å²) in [5.41, 5.74) is 0.887. The van der Waals surface area contributed by atoms with E-state index in [4.69, 9.17) is 0 Å². The molecular weight excluding hydrogens is 315 g/mol. The van der Waals surface area contributed by atoms with Gasteiger partial charge in [0.1, 0.15) is 5.82 Å². The lowest BCUT2D eigenvalue weighted by molar-refractivity contribution is -0.117. The minimum atomic E-state index is -0.578. The largest absolute Gasteiger partial charge is 0.464 e. The predicted molar refractivity (Wildman–Crippen MR) is 84.6 cm³/mol. The highest BCUT2D eigenvalue weighted by atomic mass is 19.1. The second-order valence-corrected chi connectivity index (χ2v) is 5.24. The van der Waals surface area contributed by atoms with Crippen molar-refractivity contribution in [2.45, 2.75) is 12.8 Å². The third-order valence-corrected chi connectivity index (χ3v) is 3.64. The first-order valence-electron chi connectivity index (χ1n) is 7.37. The Bertz CT molecular complexity index is 779. The van der Waals surface area contributed by atoms with Gasteiger partial charge in [-0.3, -0.25) is 4.79 Å². The lowest BCUT2D eigenvalue weighted by atomic mass is 10.2. The van der Waals surface area contributed by atoms with Crippen LogP contribution in [-0.2, 0) is 9.53 Å². The number of aromatic nitrogens is 2. The molecule has 1 aliphatic heterocycles. The van der Waals surface area contributed by atoms with Crippen molar-refractivity contribution in [3.63, 3.8) is 0 Å². The fourth-order valence-corrected chi connectivity index (χ4v) is 2.46. The molecule has 0 saturated carbocycles. The number of hydrogen-bond donors (Lipinski definition) is 1. The van der Waals surface area contributed by atoms with E-state index in [0.717, 1.165) is 6.42 Å². The molecule has 0 radical (unpaired) electrons. The summed E-state index contributed by atoms with van der Waals surface area (Å²) in [5, 5.41) is 10.6. The van der Waals surface area contributed by atoms with Crippen LogP contribution >= 0.6 is 0 Å². The molecule has 1 amide bonds. The van der Waals surface area contributed by atoms with Crippen molar-refractivity contribution in [2.75, 3.05) is 23.9 Å². The number of anilines is 3. The summed E-state index contributed by atoms with van der Waals surface area (Å²) < 4.78 is 18.6. The molecular formula is C16H15FN4O3. The standard InChI is InChI=1S/C16H15FN4O3/c1-24-16(23)12-6-7-14(20-19-12)18-10-4-5-11(17)13(9-10)21-8-2-3-15(21)22/h4-7,9H,2-3,8H2,1H3,(H,18,20). The van der Waals surface area contributed by atoms with Crippen LogP contribution in [0.1, 0.15) is 23.3 Å². The Hall–Kier alpha value is -3.03. The number of carbonyl (C=O) groups is 2. The fraction of sp³-hybridized carbons (Fsp3) is 0.250. The Labute approximate surface area is 137 Å². The zero-order valence-electron chi connectivity index (χ0n) is 13.0. The van der Waals surface area contributed by atoms with Crippen LogP contribution in [0.25, 0.3) is 0 Å². The van der Waals surface area contributed by atoms with Crippen molar-refractivity contribution < 1.29 is 18.7 Å². The van der Waals surface area contributed by atoms with E-state index in [1.807, 2.05) is 0 Å². The molecule has 124 valence electrons. The number of carbonyl (C=O) groups excluding carboxylic acids is 2. The van der Waals surface area contributed by atoms with Crippen molar-refractivity contribution >= 4 is 29.1 Å². The molecule has 0 unspecified atom stereocenters. The van der Waals surface area contributed by atoms with Crippen molar-refractivity contribution in [3.05, 3.63) is 41.8 Å². The SMILES string of the molecule is COC(=O)c1ccc(Nc2ccc(F)c(N3CCCC3=O)c2)nn1. The van der Waals surface area contributed by atoms with Gasteiger partial charge in [-0.2, -0.15) is 0 Å². The third-order valence-electron chi connectivity index (χ3n) is 3.64. The molecule has 2 aromatic rings. The number of rotatable bonds is 4. The van der Waals surface area contributed by atoms with E-state index in [-0.39, 0.29) is 17.3 Å². The van der Waals surface area contributed by atoms with Crippen LogP contribution in [0.4, 0.5) is 21.6 Å². The molecule has 1 fully saturated rings. The Morgan fingerprint density at radius 2 is 2.12 bits per heavy atom. The highest BCUT2D eigenvalue weighted by molar-refractivity contribution is 5.96. The van der Waals surface area contributed by atoms with Gasteiger partial charge in [-0.05, 0) is 36.8 Å². The summed E-state index contributed by atoms with van der Waals surface area (Å²) in [5.74, 6) is -0.741. The molecule has 1 aliphatic rings. The van der Waals surface area contributed by atoms with Gasteiger partial charge < -0.3 is 15.0 Å². The van der Waals surface area contributed by atoms with E-state index >= 15 is 0 Å².